The SMILES string of the molecule is CO.C[C](C)=[Hf]([C]1=CC=CC1)([C]1=CC=CC1)=[Si](C)C.Cl. The van der Waals surface area contributed by atoms with Crippen molar-refractivity contribution in [3.05, 3.63) is 43.1 Å². The number of rotatable bonds is 2. The van der Waals surface area contributed by atoms with Crippen LogP contribution in [-0.2, 0) is 18.1 Å². The molecule has 0 bridgehead atoms. The fourth-order valence-electron chi connectivity index (χ4n) is 3.44. The minimum Gasteiger partial charge on any atom is -0.147 e. The van der Waals surface area contributed by atoms with Crippen molar-refractivity contribution in [3.8, 4) is 0 Å². The van der Waals surface area contributed by atoms with E-state index in [0.717, 1.165) is 7.11 Å². The second-order valence-electron chi connectivity index (χ2n) is 5.40. The van der Waals surface area contributed by atoms with Gasteiger partial charge in [-0.3, -0.25) is 0 Å². The molecule has 4 heteroatoms. The van der Waals surface area contributed by atoms with Gasteiger partial charge in [0.25, 0.3) is 0 Å². The summed E-state index contributed by atoms with van der Waals surface area (Å²) < 4.78 is 5.47. The van der Waals surface area contributed by atoms with E-state index in [0.29, 0.717) is 0 Å². The average molecular weight is 477 g/mol. The van der Waals surface area contributed by atoms with Crippen LogP contribution in [0.25, 0.3) is 0 Å². The molecule has 112 valence electrons. The van der Waals surface area contributed by atoms with Crippen molar-refractivity contribution in [3.63, 3.8) is 0 Å². The molecule has 2 aliphatic rings. The molecule has 0 fully saturated rings. The Kier molecular flexibility index (Phi) is 9.32. The molecular formula is C16H27ClHfOSi. The van der Waals surface area contributed by atoms with Crippen LogP contribution in [0, 0.1) is 0 Å². The summed E-state index contributed by atoms with van der Waals surface area (Å²) in [6.45, 7) is 9.93. The molecule has 2 rings (SSSR count). The summed E-state index contributed by atoms with van der Waals surface area (Å²) in [7, 11) is 1.00. The molecule has 2 aliphatic carbocycles. The maximum atomic E-state index is 7.00. The summed E-state index contributed by atoms with van der Waals surface area (Å²) in [6.07, 6.45) is 16.6. The molecule has 1 nitrogen and oxygen atoms in total. The summed E-state index contributed by atoms with van der Waals surface area (Å²) in [5.41, 5.74) is -0.229. The van der Waals surface area contributed by atoms with Gasteiger partial charge in [0, 0.05) is 7.11 Å². The minimum absolute atomic E-state index is 0. The van der Waals surface area contributed by atoms with Gasteiger partial charge in [0.1, 0.15) is 0 Å². The van der Waals surface area contributed by atoms with Crippen molar-refractivity contribution in [2.24, 2.45) is 0 Å². The maximum absolute atomic E-state index is 7.00. The molecule has 1 N–H and O–H groups in total. The van der Waals surface area contributed by atoms with Crippen LogP contribution in [0.4, 0.5) is 0 Å². The summed E-state index contributed by atoms with van der Waals surface area (Å²) in [6, 6.07) is 0. The number of aliphatic hydroxyl groups is 1. The van der Waals surface area contributed by atoms with Gasteiger partial charge in [0.05, 0.1) is 0 Å². The average Bonchev–Trinajstić information content (AvgIpc) is 3.04. The van der Waals surface area contributed by atoms with E-state index < -0.39 is 18.1 Å². The second-order valence-corrected chi connectivity index (χ2v) is 37.9. The largest absolute Gasteiger partial charge is 0.147 e. The number of hydrogen-bond acceptors (Lipinski definition) is 1. The van der Waals surface area contributed by atoms with E-state index in [4.69, 9.17) is 5.11 Å². The first-order valence-corrected chi connectivity index (χ1v) is 20.2. The molecule has 0 aromatic rings. The van der Waals surface area contributed by atoms with Gasteiger partial charge in [-0.25, -0.2) is 0 Å². The summed E-state index contributed by atoms with van der Waals surface area (Å²) in [4.78, 5) is 0. The van der Waals surface area contributed by atoms with Crippen molar-refractivity contribution in [1.29, 1.82) is 0 Å². The zero-order chi connectivity index (χ0) is 14.5. The van der Waals surface area contributed by atoms with Crippen molar-refractivity contribution in [1.82, 2.24) is 0 Å². The summed E-state index contributed by atoms with van der Waals surface area (Å²) in [5, 5.41) is 7.00. The molecule has 0 unspecified atom stereocenters. The molecule has 0 saturated carbocycles. The fraction of sp³-hybridized carbons (Fsp3) is 0.438. The smallest absolute Gasteiger partial charge is 0.147 e. The molecule has 0 aromatic heterocycles. The maximum Gasteiger partial charge on any atom is -0.147 e. The Morgan fingerprint density at radius 3 is 1.60 bits per heavy atom. The standard InChI is InChI=1S/2C5H5.C3H6.C2H6Si.CH4O.ClH.Hf/c2*1-2-4-5-3-1;2*1-3-2;1-2;;/h2*1-3H,4H2;2*1-2H3;2H,1H3;1H;. The Bertz CT molecular complexity index is 522. The Hall–Kier alpha value is 0.167. The van der Waals surface area contributed by atoms with Crippen LogP contribution in [0.5, 0.6) is 0 Å². The molecule has 20 heavy (non-hydrogen) atoms. The van der Waals surface area contributed by atoms with Gasteiger partial charge in [-0.2, -0.15) is 0 Å². The van der Waals surface area contributed by atoms with Crippen LogP contribution < -0.4 is 0 Å². The zero-order valence-corrected chi connectivity index (χ0v) is 18.6. The first-order valence-electron chi connectivity index (χ1n) is 6.88. The predicted molar refractivity (Wildman–Crippen MR) is 92.9 cm³/mol. The Morgan fingerprint density at radius 1 is 1.00 bits per heavy atom. The Morgan fingerprint density at radius 2 is 1.40 bits per heavy atom. The Labute approximate surface area is 133 Å². The van der Waals surface area contributed by atoms with Gasteiger partial charge in [0.2, 0.25) is 0 Å². The number of aliphatic hydroxyl groups excluding tert-OH is 1. The van der Waals surface area contributed by atoms with Gasteiger partial charge < -0.3 is 5.11 Å². The molecule has 0 aliphatic heterocycles. The van der Waals surface area contributed by atoms with Crippen molar-refractivity contribution < 1.29 is 23.2 Å². The van der Waals surface area contributed by atoms with Crippen LogP contribution >= 0.6 is 12.4 Å². The fourth-order valence-corrected chi connectivity index (χ4v) is 45.0. The molecule has 0 amide bonds. The van der Waals surface area contributed by atoms with E-state index in [1.165, 1.54) is 12.8 Å². The first kappa shape index (κ1) is 20.2. The van der Waals surface area contributed by atoms with E-state index in [9.17, 15) is 0 Å². The Balaban J connectivity index is 0.00000115. The van der Waals surface area contributed by atoms with Crippen LogP contribution in [0.1, 0.15) is 26.7 Å². The quantitative estimate of drug-likeness (QED) is 0.588. The van der Waals surface area contributed by atoms with Gasteiger partial charge in [-0.15, -0.1) is 12.4 Å². The number of hydrogen-bond donors (Lipinski definition) is 1. The molecule has 0 spiro atoms. The third-order valence-corrected chi connectivity index (χ3v) is 46.0. The van der Waals surface area contributed by atoms with E-state index in [1.54, 1.807) is 3.26 Å². The van der Waals surface area contributed by atoms with Crippen molar-refractivity contribution in [2.45, 2.75) is 39.8 Å². The second kappa shape index (κ2) is 9.24. The van der Waals surface area contributed by atoms with Crippen LogP contribution in [0.3, 0.4) is 0 Å². The van der Waals surface area contributed by atoms with Gasteiger partial charge in [-0.1, -0.05) is 0 Å². The van der Waals surface area contributed by atoms with Crippen LogP contribution in [0.2, 0.25) is 13.1 Å². The first-order chi connectivity index (χ1) is 9.10. The molecule has 0 heterocycles. The molecule has 0 radical (unpaired) electrons. The van der Waals surface area contributed by atoms with E-state index in [2.05, 4.69) is 63.4 Å². The number of halogens is 1. The van der Waals surface area contributed by atoms with Crippen LogP contribution in [-0.4, -0.2) is 21.0 Å². The molecular weight excluding hydrogens is 450 g/mol. The van der Waals surface area contributed by atoms with Gasteiger partial charge >= 0.3 is 110 Å². The van der Waals surface area contributed by atoms with Gasteiger partial charge in [-0.05, 0) is 0 Å². The molecule has 0 saturated heterocycles. The summed E-state index contributed by atoms with van der Waals surface area (Å²) >= 11 is -2.51. The van der Waals surface area contributed by atoms with Crippen molar-refractivity contribution >= 4 is 21.2 Å². The monoisotopic (exact) mass is 478 g/mol. The summed E-state index contributed by atoms with van der Waals surface area (Å²) in [5.74, 6) is 0. The van der Waals surface area contributed by atoms with E-state index in [1.807, 2.05) is 6.66 Å². The van der Waals surface area contributed by atoms with Crippen LogP contribution in [0.15, 0.2) is 43.1 Å². The van der Waals surface area contributed by atoms with E-state index >= 15 is 0 Å². The zero-order valence-electron chi connectivity index (χ0n) is 13.2. The molecule has 0 atom stereocenters. The third kappa shape index (κ3) is 3.68. The minimum atomic E-state index is -2.51. The number of allylic oxidation sites excluding steroid dienone is 8. The van der Waals surface area contributed by atoms with Crippen molar-refractivity contribution in [2.75, 3.05) is 7.11 Å². The normalized spacial score (nSPS) is 15.1. The molecule has 0 aromatic carbocycles. The van der Waals surface area contributed by atoms with Gasteiger partial charge in [0.15, 0.2) is 0 Å². The van der Waals surface area contributed by atoms with E-state index in [-0.39, 0.29) is 17.9 Å². The predicted octanol–water partition coefficient (Wildman–Crippen LogP) is 4.32. The topological polar surface area (TPSA) is 20.2 Å². The third-order valence-electron chi connectivity index (χ3n) is 4.01.